The van der Waals surface area contributed by atoms with Crippen LogP contribution in [0.15, 0.2) is 171 Å². The highest BCUT2D eigenvalue weighted by molar-refractivity contribution is 6.14. The highest BCUT2D eigenvalue weighted by Crippen LogP contribution is 2.42. The first-order valence-corrected chi connectivity index (χ1v) is 17.0. The van der Waals surface area contributed by atoms with Gasteiger partial charge in [-0.15, -0.1) is 0 Å². The highest BCUT2D eigenvalue weighted by Gasteiger charge is 2.22. The zero-order valence-electron chi connectivity index (χ0n) is 27.1. The molecule has 0 N–H and O–H groups in total. The van der Waals surface area contributed by atoms with E-state index in [1.54, 1.807) is 0 Å². The van der Waals surface area contributed by atoms with Gasteiger partial charge in [0.25, 0.3) is 0 Å². The van der Waals surface area contributed by atoms with Crippen molar-refractivity contribution in [2.75, 3.05) is 0 Å². The lowest BCUT2D eigenvalue weighted by Gasteiger charge is -2.08. The third kappa shape index (κ3) is 4.35. The normalized spacial score (nSPS) is 11.9. The Labute approximate surface area is 291 Å². The standard InChI is InChI=1S/C46H26N2O3/c1-3-10-27(11-4-1)29-18-23-40-36(26-29)44-45(51-40)43(28-12-5-2-6-13-28)47-46(48-44)33-15-9-17-41-42(33)35-25-31(20-22-39(35)50-41)30-19-21-38-34(24-30)32-14-7-8-16-37(32)49-38/h1-26H. The number of hydrogen-bond donors (Lipinski definition) is 0. The van der Waals surface area contributed by atoms with Crippen LogP contribution in [0.1, 0.15) is 0 Å². The minimum atomic E-state index is 0.610. The van der Waals surface area contributed by atoms with Gasteiger partial charge in [0.15, 0.2) is 11.4 Å². The second kappa shape index (κ2) is 10.8. The zero-order valence-corrected chi connectivity index (χ0v) is 27.1. The maximum atomic E-state index is 6.53. The van der Waals surface area contributed by atoms with Crippen LogP contribution in [0.25, 0.3) is 111 Å². The summed E-state index contributed by atoms with van der Waals surface area (Å²) in [6.07, 6.45) is 0. The summed E-state index contributed by atoms with van der Waals surface area (Å²) in [4.78, 5) is 10.5. The first-order chi connectivity index (χ1) is 25.2. The van der Waals surface area contributed by atoms with Crippen LogP contribution in [0.2, 0.25) is 0 Å². The van der Waals surface area contributed by atoms with E-state index in [4.69, 9.17) is 23.2 Å². The van der Waals surface area contributed by atoms with Gasteiger partial charge in [-0.3, -0.25) is 0 Å². The minimum Gasteiger partial charge on any atom is -0.456 e. The zero-order chi connectivity index (χ0) is 33.5. The molecule has 0 amide bonds. The summed E-state index contributed by atoms with van der Waals surface area (Å²) >= 11 is 0. The maximum Gasteiger partial charge on any atom is 0.180 e. The van der Waals surface area contributed by atoms with Crippen LogP contribution in [0.4, 0.5) is 0 Å². The Morgan fingerprint density at radius 1 is 0.353 bits per heavy atom. The van der Waals surface area contributed by atoms with E-state index in [2.05, 4.69) is 97.1 Å². The van der Waals surface area contributed by atoms with E-state index in [1.165, 1.54) is 0 Å². The molecule has 0 aliphatic rings. The summed E-state index contributed by atoms with van der Waals surface area (Å²) in [6, 6.07) is 53.9. The van der Waals surface area contributed by atoms with Crippen LogP contribution in [0.3, 0.4) is 0 Å². The Bertz CT molecular complexity index is 3130. The van der Waals surface area contributed by atoms with E-state index in [0.29, 0.717) is 11.4 Å². The third-order valence-corrected chi connectivity index (χ3v) is 9.91. The van der Waals surface area contributed by atoms with E-state index >= 15 is 0 Å². The summed E-state index contributed by atoms with van der Waals surface area (Å²) in [6.45, 7) is 0. The van der Waals surface area contributed by atoms with Crippen molar-refractivity contribution < 1.29 is 13.3 Å². The summed E-state index contributed by atoms with van der Waals surface area (Å²) in [7, 11) is 0. The number of hydrogen-bond acceptors (Lipinski definition) is 5. The SMILES string of the molecule is c1ccc(-c2ccc3oc4c(-c5ccccc5)nc(-c5cccc6oc7ccc(-c8ccc9oc%10ccccc%10c9c8)cc7c56)nc4c3c2)cc1. The fraction of sp³-hybridized carbons (Fsp3) is 0. The van der Waals surface area contributed by atoms with Crippen molar-refractivity contribution in [1.29, 1.82) is 0 Å². The molecule has 0 spiro atoms. The lowest BCUT2D eigenvalue weighted by Crippen LogP contribution is -1.94. The Hall–Kier alpha value is -6.98. The Morgan fingerprint density at radius 2 is 0.922 bits per heavy atom. The van der Waals surface area contributed by atoms with Gasteiger partial charge in [0.05, 0.1) is 0 Å². The number of fused-ring (bicyclic) bond motifs is 9. The molecule has 0 saturated carbocycles. The Balaban J connectivity index is 1.14. The van der Waals surface area contributed by atoms with Gasteiger partial charge in [0, 0.05) is 38.1 Å². The number of aromatic nitrogens is 2. The number of rotatable bonds is 4. The van der Waals surface area contributed by atoms with E-state index < -0.39 is 0 Å². The van der Waals surface area contributed by atoms with Crippen molar-refractivity contribution in [2.45, 2.75) is 0 Å². The van der Waals surface area contributed by atoms with Crippen LogP contribution in [-0.2, 0) is 0 Å². The average Bonchev–Trinajstić information content (AvgIpc) is 3.88. The molecule has 0 aliphatic heterocycles. The maximum absolute atomic E-state index is 6.53. The molecule has 0 saturated heterocycles. The van der Waals surface area contributed by atoms with Crippen LogP contribution >= 0.6 is 0 Å². The fourth-order valence-electron chi connectivity index (χ4n) is 7.46. The van der Waals surface area contributed by atoms with Gasteiger partial charge >= 0.3 is 0 Å². The third-order valence-electron chi connectivity index (χ3n) is 9.91. The number of nitrogens with zero attached hydrogens (tertiary/aromatic N) is 2. The van der Waals surface area contributed by atoms with Gasteiger partial charge in [-0.05, 0) is 70.8 Å². The average molecular weight is 655 g/mol. The molecule has 51 heavy (non-hydrogen) atoms. The molecule has 0 atom stereocenters. The molecule has 238 valence electrons. The summed E-state index contributed by atoms with van der Waals surface area (Å²) < 4.78 is 19.1. The molecule has 7 aromatic carbocycles. The summed E-state index contributed by atoms with van der Waals surface area (Å²) in [5, 5.41) is 5.12. The van der Waals surface area contributed by atoms with E-state index in [9.17, 15) is 0 Å². The van der Waals surface area contributed by atoms with Crippen molar-refractivity contribution >= 4 is 65.9 Å². The lowest BCUT2D eigenvalue weighted by atomic mass is 9.99. The predicted octanol–water partition coefficient (Wildman–Crippen LogP) is 12.8. The monoisotopic (exact) mass is 654 g/mol. The van der Waals surface area contributed by atoms with Gasteiger partial charge in [-0.1, -0.05) is 109 Å². The van der Waals surface area contributed by atoms with Gasteiger partial charge in [0.2, 0.25) is 0 Å². The van der Waals surface area contributed by atoms with Gasteiger partial charge in [-0.2, -0.15) is 0 Å². The van der Waals surface area contributed by atoms with Gasteiger partial charge < -0.3 is 13.3 Å². The molecule has 11 aromatic rings. The predicted molar refractivity (Wildman–Crippen MR) is 206 cm³/mol. The number of furan rings is 3. The first kappa shape index (κ1) is 27.9. The van der Waals surface area contributed by atoms with Crippen LogP contribution in [0.5, 0.6) is 0 Å². The molecule has 0 radical (unpaired) electrons. The number of para-hydroxylation sites is 1. The molecule has 0 aliphatic carbocycles. The van der Waals surface area contributed by atoms with Crippen molar-refractivity contribution in [3.63, 3.8) is 0 Å². The van der Waals surface area contributed by atoms with Crippen LogP contribution < -0.4 is 0 Å². The Kier molecular flexibility index (Phi) is 5.89. The molecule has 4 heterocycles. The second-order valence-electron chi connectivity index (χ2n) is 12.9. The minimum absolute atomic E-state index is 0.610. The van der Waals surface area contributed by atoms with E-state index in [1.807, 2.05) is 60.7 Å². The molecule has 5 nitrogen and oxygen atoms in total. The van der Waals surface area contributed by atoms with Gasteiger partial charge in [0.1, 0.15) is 39.1 Å². The topological polar surface area (TPSA) is 65.2 Å². The largest absolute Gasteiger partial charge is 0.456 e. The van der Waals surface area contributed by atoms with Crippen molar-refractivity contribution in [3.8, 4) is 44.9 Å². The molecule has 0 unspecified atom stereocenters. The molecular weight excluding hydrogens is 629 g/mol. The van der Waals surface area contributed by atoms with Crippen molar-refractivity contribution in [1.82, 2.24) is 9.97 Å². The molecule has 5 heteroatoms. The van der Waals surface area contributed by atoms with E-state index in [-0.39, 0.29) is 0 Å². The van der Waals surface area contributed by atoms with Crippen molar-refractivity contribution in [2.24, 2.45) is 0 Å². The molecule has 0 fully saturated rings. The quantitative estimate of drug-likeness (QED) is 0.189. The first-order valence-electron chi connectivity index (χ1n) is 17.0. The molecule has 0 bridgehead atoms. The summed E-state index contributed by atoms with van der Waals surface area (Å²) in [5.41, 5.74) is 12.6. The second-order valence-corrected chi connectivity index (χ2v) is 12.9. The number of benzene rings is 7. The smallest absolute Gasteiger partial charge is 0.180 e. The Morgan fingerprint density at radius 3 is 1.71 bits per heavy atom. The molecule has 11 rings (SSSR count). The molecular formula is C46H26N2O3. The van der Waals surface area contributed by atoms with Crippen LogP contribution in [0, 0.1) is 0 Å². The van der Waals surface area contributed by atoms with Crippen LogP contribution in [-0.4, -0.2) is 9.97 Å². The van der Waals surface area contributed by atoms with E-state index in [0.717, 1.165) is 99.4 Å². The van der Waals surface area contributed by atoms with Crippen molar-refractivity contribution in [3.05, 3.63) is 158 Å². The summed E-state index contributed by atoms with van der Waals surface area (Å²) in [5.74, 6) is 0.610. The van der Waals surface area contributed by atoms with Gasteiger partial charge in [-0.25, -0.2) is 9.97 Å². The molecule has 4 aromatic heterocycles. The lowest BCUT2D eigenvalue weighted by molar-refractivity contribution is 0.667. The fourth-order valence-corrected chi connectivity index (χ4v) is 7.46. The highest BCUT2D eigenvalue weighted by atomic mass is 16.3.